The number of halogens is 5. The van der Waals surface area contributed by atoms with Gasteiger partial charge in [-0.15, -0.1) is 0 Å². The first-order valence-corrected chi connectivity index (χ1v) is 12.1. The Bertz CT molecular complexity index is 1460. The largest absolute Gasteiger partial charge is 0.439 e. The predicted molar refractivity (Wildman–Crippen MR) is 132 cm³/mol. The zero-order valence-electron chi connectivity index (χ0n) is 19.1. The van der Waals surface area contributed by atoms with E-state index in [0.717, 1.165) is 17.8 Å². The van der Waals surface area contributed by atoms with Crippen LogP contribution in [-0.4, -0.2) is 31.7 Å². The molecule has 4 aromatic rings. The number of Topliss-reactive ketones (excluding diaryl/α,β-unsaturated/α-hetero) is 1. The van der Waals surface area contributed by atoms with Gasteiger partial charge in [0.05, 0.1) is 16.8 Å². The van der Waals surface area contributed by atoms with Crippen LogP contribution in [0.2, 0.25) is 0 Å². The number of carbonyl (C=O) groups is 2. The maximum absolute atomic E-state index is 13.5. The van der Waals surface area contributed by atoms with Gasteiger partial charge in [0.15, 0.2) is 0 Å². The van der Waals surface area contributed by atoms with Crippen LogP contribution in [0.4, 0.5) is 28.0 Å². The molecule has 0 fully saturated rings. The van der Waals surface area contributed by atoms with Gasteiger partial charge in [0.2, 0.25) is 5.88 Å². The number of ether oxygens (including phenoxy) is 1. The number of alkyl halides is 4. The van der Waals surface area contributed by atoms with Crippen LogP contribution in [0.5, 0.6) is 11.6 Å². The summed E-state index contributed by atoms with van der Waals surface area (Å²) in [6.45, 7) is 0. The molecule has 0 aliphatic rings. The Morgan fingerprint density at radius 3 is 2.62 bits per heavy atom. The number of fused-ring (bicyclic) bond motifs is 1. The molecule has 192 valence electrons. The number of anilines is 1. The highest BCUT2D eigenvalue weighted by Crippen LogP contribution is 2.33. The molecule has 7 nitrogen and oxygen atoms in total. The summed E-state index contributed by atoms with van der Waals surface area (Å²) in [5.41, 5.74) is -0.682. The monoisotopic (exact) mass is 578 g/mol. The summed E-state index contributed by atoms with van der Waals surface area (Å²) in [5.74, 6) is -0.720. The number of rotatable bonds is 8. The summed E-state index contributed by atoms with van der Waals surface area (Å²) in [6.07, 6.45) is -0.794. The van der Waals surface area contributed by atoms with E-state index < -0.39 is 23.6 Å². The lowest BCUT2D eigenvalue weighted by atomic mass is 10.1. The van der Waals surface area contributed by atoms with Gasteiger partial charge < -0.3 is 10.1 Å². The molecule has 0 radical (unpaired) electrons. The number of benzene rings is 2. The fourth-order valence-corrected chi connectivity index (χ4v) is 3.85. The van der Waals surface area contributed by atoms with Crippen LogP contribution in [0, 0.1) is 5.82 Å². The van der Waals surface area contributed by atoms with E-state index in [0.29, 0.717) is 40.9 Å². The summed E-state index contributed by atoms with van der Waals surface area (Å²) in [5, 5.41) is 3.70. The highest BCUT2D eigenvalue weighted by molar-refractivity contribution is 9.09. The summed E-state index contributed by atoms with van der Waals surface area (Å²) in [6, 6.07) is 9.55. The highest BCUT2D eigenvalue weighted by atomic mass is 79.9. The Labute approximate surface area is 216 Å². The van der Waals surface area contributed by atoms with Gasteiger partial charge in [0.1, 0.15) is 23.7 Å². The number of ketones is 1. The first-order valence-electron chi connectivity index (χ1n) is 11.0. The summed E-state index contributed by atoms with van der Waals surface area (Å²) in [4.78, 5) is 32.9. The molecule has 1 N–H and O–H groups in total. The minimum absolute atomic E-state index is 0.0559. The second-order valence-electron chi connectivity index (χ2n) is 7.99. The zero-order valence-corrected chi connectivity index (χ0v) is 20.6. The van der Waals surface area contributed by atoms with Crippen LogP contribution in [0.15, 0.2) is 61.1 Å². The first-order chi connectivity index (χ1) is 17.6. The third kappa shape index (κ3) is 6.50. The molecule has 0 saturated heterocycles. The smallest absolute Gasteiger partial charge is 0.419 e. The lowest BCUT2D eigenvalue weighted by molar-refractivity contribution is -0.140. The van der Waals surface area contributed by atoms with Crippen molar-refractivity contribution in [2.75, 3.05) is 10.6 Å². The molecule has 0 saturated carbocycles. The standard InChI is InChI=1S/C25H19BrF4N4O3/c26-8-1-2-18(35)11-17-13-23(32-14-31-17)37-19-4-6-22-15(10-19)7-9-34(22)24(36)33-16-3-5-21(27)20(12-16)25(28,29)30/h3-7,9-10,12-14H,1-2,8,11H2,(H,33,36). The Morgan fingerprint density at radius 1 is 1.05 bits per heavy atom. The van der Waals surface area contributed by atoms with Crippen LogP contribution in [0.25, 0.3) is 10.9 Å². The van der Waals surface area contributed by atoms with Crippen LogP contribution in [0.3, 0.4) is 0 Å². The van der Waals surface area contributed by atoms with Crippen LogP contribution in [0.1, 0.15) is 24.1 Å². The van der Waals surface area contributed by atoms with Gasteiger partial charge >= 0.3 is 12.2 Å². The molecule has 0 spiro atoms. The fourth-order valence-electron chi connectivity index (χ4n) is 3.57. The number of amides is 1. The highest BCUT2D eigenvalue weighted by Gasteiger charge is 2.34. The topological polar surface area (TPSA) is 86.1 Å². The molecule has 12 heteroatoms. The molecule has 0 unspecified atom stereocenters. The molecule has 0 aliphatic heterocycles. The van der Waals surface area contributed by atoms with Crippen molar-refractivity contribution in [2.45, 2.75) is 25.4 Å². The number of nitrogens with one attached hydrogen (secondary N) is 1. The third-order valence-corrected chi connectivity index (χ3v) is 5.85. The van der Waals surface area contributed by atoms with E-state index in [1.807, 2.05) is 0 Å². The van der Waals surface area contributed by atoms with Gasteiger partial charge in [-0.05, 0) is 48.9 Å². The Balaban J connectivity index is 1.48. The van der Waals surface area contributed by atoms with E-state index in [-0.39, 0.29) is 23.8 Å². The number of nitrogens with zero attached hydrogens (tertiary/aromatic N) is 3. The van der Waals surface area contributed by atoms with Gasteiger partial charge in [-0.1, -0.05) is 15.9 Å². The minimum Gasteiger partial charge on any atom is -0.439 e. The molecule has 37 heavy (non-hydrogen) atoms. The van der Waals surface area contributed by atoms with Crippen molar-refractivity contribution in [1.82, 2.24) is 14.5 Å². The van der Waals surface area contributed by atoms with E-state index in [1.54, 1.807) is 30.3 Å². The van der Waals surface area contributed by atoms with Crippen molar-refractivity contribution in [3.8, 4) is 11.6 Å². The van der Waals surface area contributed by atoms with Crippen molar-refractivity contribution < 1.29 is 31.9 Å². The zero-order chi connectivity index (χ0) is 26.6. The fraction of sp³-hybridized carbons (Fsp3) is 0.200. The number of aromatic nitrogens is 3. The van der Waals surface area contributed by atoms with Crippen molar-refractivity contribution in [1.29, 1.82) is 0 Å². The van der Waals surface area contributed by atoms with Crippen LogP contribution >= 0.6 is 15.9 Å². The number of carbonyl (C=O) groups excluding carboxylic acids is 2. The summed E-state index contributed by atoms with van der Waals surface area (Å²) >= 11 is 3.29. The number of hydrogen-bond donors (Lipinski definition) is 1. The van der Waals surface area contributed by atoms with Gasteiger partial charge in [0.25, 0.3) is 0 Å². The van der Waals surface area contributed by atoms with Crippen molar-refractivity contribution in [3.63, 3.8) is 0 Å². The SMILES string of the molecule is O=C(CCCBr)Cc1cc(Oc2ccc3c(ccn3C(=O)Nc3ccc(F)c(C(F)(F)F)c3)c2)ncn1. The lowest BCUT2D eigenvalue weighted by Gasteiger charge is -2.12. The predicted octanol–water partition coefficient (Wildman–Crippen LogP) is 6.75. The second-order valence-corrected chi connectivity index (χ2v) is 8.78. The van der Waals surface area contributed by atoms with Crippen LogP contribution < -0.4 is 10.1 Å². The molecule has 2 aromatic carbocycles. The quantitative estimate of drug-likeness (QED) is 0.185. The molecule has 1 amide bonds. The van der Waals surface area contributed by atoms with Crippen LogP contribution in [-0.2, 0) is 17.4 Å². The maximum atomic E-state index is 13.5. The first kappa shape index (κ1) is 26.3. The molecule has 4 rings (SSSR count). The molecule has 0 atom stereocenters. The van der Waals surface area contributed by atoms with Crippen molar-refractivity contribution in [3.05, 3.63) is 78.1 Å². The van der Waals surface area contributed by atoms with E-state index in [4.69, 9.17) is 4.74 Å². The summed E-state index contributed by atoms with van der Waals surface area (Å²) in [7, 11) is 0. The Kier molecular flexibility index (Phi) is 7.86. The molecular weight excluding hydrogens is 560 g/mol. The van der Waals surface area contributed by atoms with Gasteiger partial charge in [-0.25, -0.2) is 19.2 Å². The Hall–Kier alpha value is -3.80. The normalized spacial score (nSPS) is 11.5. The molecule has 2 aromatic heterocycles. The third-order valence-electron chi connectivity index (χ3n) is 5.29. The Morgan fingerprint density at radius 2 is 1.86 bits per heavy atom. The minimum atomic E-state index is -4.89. The van der Waals surface area contributed by atoms with Crippen molar-refractivity contribution in [2.24, 2.45) is 0 Å². The lowest BCUT2D eigenvalue weighted by Crippen LogP contribution is -2.19. The molecule has 2 heterocycles. The average Bonchev–Trinajstić information content (AvgIpc) is 3.27. The van der Waals surface area contributed by atoms with E-state index in [1.165, 1.54) is 17.1 Å². The van der Waals surface area contributed by atoms with E-state index in [9.17, 15) is 27.2 Å². The average molecular weight is 579 g/mol. The maximum Gasteiger partial charge on any atom is 0.419 e. The van der Waals surface area contributed by atoms with Gasteiger partial charge in [-0.2, -0.15) is 13.2 Å². The molecule has 0 bridgehead atoms. The number of hydrogen-bond acceptors (Lipinski definition) is 5. The molecule has 0 aliphatic carbocycles. The van der Waals surface area contributed by atoms with E-state index >= 15 is 0 Å². The van der Waals surface area contributed by atoms with Crippen molar-refractivity contribution >= 4 is 44.3 Å². The summed E-state index contributed by atoms with van der Waals surface area (Å²) < 4.78 is 59.4. The second kappa shape index (κ2) is 11.1. The van der Waals surface area contributed by atoms with E-state index in [2.05, 4.69) is 31.2 Å². The molecular formula is C25H19BrF4N4O3. The van der Waals surface area contributed by atoms with Gasteiger partial charge in [0, 0.05) is 41.5 Å². The van der Waals surface area contributed by atoms with Gasteiger partial charge in [-0.3, -0.25) is 9.36 Å².